The average molecular weight is 291 g/mol. The first-order chi connectivity index (χ1) is 7.84. The molecule has 1 aliphatic rings. The highest BCUT2D eigenvalue weighted by molar-refractivity contribution is 9.09. The smallest absolute Gasteiger partial charge is 0.0104 e. The Kier molecular flexibility index (Phi) is 8.52. The van der Waals surface area contributed by atoms with E-state index in [-0.39, 0.29) is 0 Å². The van der Waals surface area contributed by atoms with Gasteiger partial charge in [0.05, 0.1) is 0 Å². The number of hydrogen-bond donors (Lipinski definition) is 1. The number of nitrogens with zero attached hydrogens (tertiary/aromatic N) is 1. The lowest BCUT2D eigenvalue weighted by molar-refractivity contribution is 0.175. The molecule has 0 aliphatic carbocycles. The van der Waals surface area contributed by atoms with Crippen molar-refractivity contribution in [2.75, 3.05) is 32.0 Å². The molecular weight excluding hydrogens is 264 g/mol. The van der Waals surface area contributed by atoms with Gasteiger partial charge >= 0.3 is 0 Å². The number of likely N-dealkylation sites (tertiary alicyclic amines) is 1. The first-order valence-corrected chi connectivity index (χ1v) is 7.93. The van der Waals surface area contributed by atoms with Crippen molar-refractivity contribution in [3.63, 3.8) is 0 Å². The van der Waals surface area contributed by atoms with Crippen LogP contribution in [0.4, 0.5) is 0 Å². The molecule has 0 radical (unpaired) electrons. The van der Waals surface area contributed by atoms with Gasteiger partial charge in [-0.3, -0.25) is 0 Å². The second-order valence-electron chi connectivity index (χ2n) is 4.92. The Morgan fingerprint density at radius 3 is 2.81 bits per heavy atom. The maximum absolute atomic E-state index is 3.57. The monoisotopic (exact) mass is 290 g/mol. The molecule has 1 saturated heterocycles. The van der Waals surface area contributed by atoms with Crippen molar-refractivity contribution in [1.29, 1.82) is 0 Å². The Bertz CT molecular complexity index is 164. The van der Waals surface area contributed by atoms with Gasteiger partial charge in [-0.25, -0.2) is 0 Å². The fourth-order valence-corrected chi connectivity index (χ4v) is 2.82. The van der Waals surface area contributed by atoms with Crippen molar-refractivity contribution in [2.24, 2.45) is 0 Å². The Morgan fingerprint density at radius 1 is 1.19 bits per heavy atom. The van der Waals surface area contributed by atoms with E-state index < -0.39 is 0 Å². The molecule has 1 fully saturated rings. The van der Waals surface area contributed by atoms with Gasteiger partial charge in [-0.15, -0.1) is 0 Å². The van der Waals surface area contributed by atoms with Crippen molar-refractivity contribution in [2.45, 2.75) is 51.0 Å². The van der Waals surface area contributed by atoms with Crippen LogP contribution in [0.5, 0.6) is 0 Å². The van der Waals surface area contributed by atoms with Gasteiger partial charge in [0.15, 0.2) is 0 Å². The molecule has 96 valence electrons. The summed E-state index contributed by atoms with van der Waals surface area (Å²) in [6.45, 7) is 3.70. The van der Waals surface area contributed by atoms with Crippen LogP contribution in [0, 0.1) is 0 Å². The first-order valence-electron chi connectivity index (χ1n) is 6.81. The van der Waals surface area contributed by atoms with Crippen molar-refractivity contribution in [1.82, 2.24) is 10.2 Å². The minimum absolute atomic E-state index is 0.837. The standard InChI is InChI=1S/C13H27BrN2/c1-16-12-6-3-7-13(16)8-11-15-10-5-2-4-9-14/h13,15H,2-12H2,1H3. The van der Waals surface area contributed by atoms with E-state index in [4.69, 9.17) is 0 Å². The number of piperidine rings is 1. The molecule has 1 unspecified atom stereocenters. The van der Waals surface area contributed by atoms with E-state index in [0.29, 0.717) is 0 Å². The molecule has 1 atom stereocenters. The highest BCUT2D eigenvalue weighted by Crippen LogP contribution is 2.16. The molecule has 0 aromatic rings. The predicted octanol–water partition coefficient (Wildman–Crippen LogP) is 3.02. The van der Waals surface area contributed by atoms with Gasteiger partial charge in [0.1, 0.15) is 0 Å². The van der Waals surface area contributed by atoms with Crippen LogP contribution in [0.25, 0.3) is 0 Å². The van der Waals surface area contributed by atoms with Crippen LogP contribution in [0.15, 0.2) is 0 Å². The number of unbranched alkanes of at least 4 members (excludes halogenated alkanes) is 2. The molecule has 0 amide bonds. The molecule has 1 heterocycles. The van der Waals surface area contributed by atoms with Crippen LogP contribution in [0.2, 0.25) is 0 Å². The second-order valence-corrected chi connectivity index (χ2v) is 5.71. The number of alkyl halides is 1. The third-order valence-corrected chi connectivity index (χ3v) is 4.12. The lowest BCUT2D eigenvalue weighted by atomic mass is 10.0. The van der Waals surface area contributed by atoms with Crippen LogP contribution in [0.1, 0.15) is 44.9 Å². The molecule has 0 aromatic heterocycles. The number of rotatable bonds is 8. The fraction of sp³-hybridized carbons (Fsp3) is 1.00. The van der Waals surface area contributed by atoms with Crippen LogP contribution in [-0.2, 0) is 0 Å². The number of hydrogen-bond acceptors (Lipinski definition) is 2. The van der Waals surface area contributed by atoms with Gasteiger partial charge in [-0.2, -0.15) is 0 Å². The van der Waals surface area contributed by atoms with Gasteiger partial charge in [0.2, 0.25) is 0 Å². The molecule has 1 aliphatic heterocycles. The van der Waals surface area contributed by atoms with Crippen molar-refractivity contribution < 1.29 is 0 Å². The molecule has 0 saturated carbocycles. The Hall–Kier alpha value is 0.400. The van der Waals surface area contributed by atoms with E-state index in [1.807, 2.05) is 0 Å². The van der Waals surface area contributed by atoms with Gasteiger partial charge in [-0.1, -0.05) is 28.8 Å². The molecular formula is C13H27BrN2. The highest BCUT2D eigenvalue weighted by atomic mass is 79.9. The van der Waals surface area contributed by atoms with Crippen LogP contribution < -0.4 is 5.32 Å². The summed E-state index contributed by atoms with van der Waals surface area (Å²) in [4.78, 5) is 2.54. The predicted molar refractivity (Wildman–Crippen MR) is 75.4 cm³/mol. The Morgan fingerprint density at radius 2 is 2.06 bits per heavy atom. The summed E-state index contributed by atoms with van der Waals surface area (Å²) in [6, 6.07) is 0.837. The molecule has 16 heavy (non-hydrogen) atoms. The van der Waals surface area contributed by atoms with E-state index in [0.717, 1.165) is 11.4 Å². The van der Waals surface area contributed by atoms with Gasteiger partial charge in [0.25, 0.3) is 0 Å². The topological polar surface area (TPSA) is 15.3 Å². The van der Waals surface area contributed by atoms with Gasteiger partial charge in [0, 0.05) is 11.4 Å². The summed E-state index contributed by atoms with van der Waals surface area (Å²) in [7, 11) is 2.28. The summed E-state index contributed by atoms with van der Waals surface area (Å²) in [5.41, 5.74) is 0. The number of halogens is 1. The number of nitrogens with one attached hydrogen (secondary N) is 1. The second kappa shape index (κ2) is 9.43. The van der Waals surface area contributed by atoms with E-state index in [1.54, 1.807) is 0 Å². The summed E-state index contributed by atoms with van der Waals surface area (Å²) in [6.07, 6.45) is 9.55. The molecule has 1 rings (SSSR count). The van der Waals surface area contributed by atoms with E-state index >= 15 is 0 Å². The largest absolute Gasteiger partial charge is 0.317 e. The lowest BCUT2D eigenvalue weighted by Gasteiger charge is -2.32. The quantitative estimate of drug-likeness (QED) is 0.546. The van der Waals surface area contributed by atoms with Crippen molar-refractivity contribution >= 4 is 15.9 Å². The normalized spacial score (nSPS) is 22.5. The van der Waals surface area contributed by atoms with E-state index in [9.17, 15) is 0 Å². The summed E-state index contributed by atoms with van der Waals surface area (Å²) in [5, 5.41) is 4.72. The maximum Gasteiger partial charge on any atom is 0.0104 e. The molecule has 1 N–H and O–H groups in total. The van der Waals surface area contributed by atoms with Crippen LogP contribution in [-0.4, -0.2) is 43.0 Å². The lowest BCUT2D eigenvalue weighted by Crippen LogP contribution is -2.38. The summed E-state index contributed by atoms with van der Waals surface area (Å²) in [5.74, 6) is 0. The molecule has 3 heteroatoms. The van der Waals surface area contributed by atoms with Crippen LogP contribution in [0.3, 0.4) is 0 Å². The SMILES string of the molecule is CN1CCCCC1CCNCCCCCBr. The van der Waals surface area contributed by atoms with E-state index in [2.05, 4.69) is 33.2 Å². The third kappa shape index (κ3) is 6.21. The third-order valence-electron chi connectivity index (χ3n) is 3.56. The van der Waals surface area contributed by atoms with Crippen molar-refractivity contribution in [3.8, 4) is 0 Å². The minimum Gasteiger partial charge on any atom is -0.317 e. The molecule has 0 aromatic carbocycles. The molecule has 2 nitrogen and oxygen atoms in total. The molecule has 0 bridgehead atoms. The average Bonchev–Trinajstić information content (AvgIpc) is 2.30. The fourth-order valence-electron chi connectivity index (χ4n) is 2.42. The first kappa shape index (κ1) is 14.5. The zero-order valence-electron chi connectivity index (χ0n) is 10.7. The Balaban J connectivity index is 1.90. The Labute approximate surface area is 109 Å². The maximum atomic E-state index is 3.57. The van der Waals surface area contributed by atoms with Gasteiger partial charge in [-0.05, 0) is 58.8 Å². The summed E-state index contributed by atoms with van der Waals surface area (Å²) < 4.78 is 0. The molecule has 0 spiro atoms. The van der Waals surface area contributed by atoms with E-state index in [1.165, 1.54) is 64.6 Å². The highest BCUT2D eigenvalue weighted by Gasteiger charge is 2.17. The minimum atomic E-state index is 0.837. The van der Waals surface area contributed by atoms with Gasteiger partial charge < -0.3 is 10.2 Å². The zero-order valence-corrected chi connectivity index (χ0v) is 12.3. The summed E-state index contributed by atoms with van der Waals surface area (Å²) >= 11 is 3.46. The zero-order chi connectivity index (χ0) is 11.6. The van der Waals surface area contributed by atoms with Crippen molar-refractivity contribution in [3.05, 3.63) is 0 Å². The van der Waals surface area contributed by atoms with Crippen LogP contribution >= 0.6 is 15.9 Å².